The summed E-state index contributed by atoms with van der Waals surface area (Å²) in [4.78, 5) is 17.9. The number of ether oxygens (including phenoxy) is 2. The van der Waals surface area contributed by atoms with Crippen LogP contribution in [0.5, 0.6) is 11.5 Å². The Bertz CT molecular complexity index is 990. The average molecular weight is 350 g/mol. The van der Waals surface area contributed by atoms with E-state index in [1.165, 1.54) is 5.56 Å². The van der Waals surface area contributed by atoms with Gasteiger partial charge in [-0.25, -0.2) is 0 Å². The van der Waals surface area contributed by atoms with Crippen molar-refractivity contribution in [2.75, 3.05) is 20.3 Å². The second-order valence-electron chi connectivity index (χ2n) is 6.77. The van der Waals surface area contributed by atoms with Crippen LogP contribution in [0.1, 0.15) is 27.2 Å². The van der Waals surface area contributed by atoms with E-state index in [2.05, 4.69) is 11.9 Å². The number of H-pyrrole nitrogens is 1. The molecule has 0 aliphatic carbocycles. The van der Waals surface area contributed by atoms with E-state index in [0.29, 0.717) is 25.3 Å². The molecule has 0 saturated heterocycles. The molecule has 2 heterocycles. The van der Waals surface area contributed by atoms with E-state index < -0.39 is 0 Å². The lowest BCUT2D eigenvalue weighted by molar-refractivity contribution is 0.0785. The first-order chi connectivity index (χ1) is 12.5. The first-order valence-electron chi connectivity index (χ1n) is 8.76. The number of hydrogen-bond donors (Lipinski definition) is 1. The smallest absolute Gasteiger partial charge is 0.253 e. The van der Waals surface area contributed by atoms with Crippen LogP contribution >= 0.6 is 0 Å². The molecule has 0 fully saturated rings. The van der Waals surface area contributed by atoms with Crippen LogP contribution in [0, 0.1) is 13.8 Å². The lowest BCUT2D eigenvalue weighted by Crippen LogP contribution is -2.26. The number of aryl methyl sites for hydroxylation is 2. The van der Waals surface area contributed by atoms with Crippen LogP contribution in [0.2, 0.25) is 0 Å². The third-order valence-corrected chi connectivity index (χ3v) is 4.93. The van der Waals surface area contributed by atoms with Crippen LogP contribution in [0.15, 0.2) is 36.4 Å². The summed E-state index contributed by atoms with van der Waals surface area (Å²) in [6, 6.07) is 11.6. The first-order valence-corrected chi connectivity index (χ1v) is 8.76. The third kappa shape index (κ3) is 2.90. The van der Waals surface area contributed by atoms with Gasteiger partial charge in [0.1, 0.15) is 13.2 Å². The van der Waals surface area contributed by atoms with Gasteiger partial charge < -0.3 is 19.4 Å². The van der Waals surface area contributed by atoms with E-state index in [1.54, 1.807) is 4.90 Å². The Morgan fingerprint density at radius 1 is 1.08 bits per heavy atom. The molecule has 5 heteroatoms. The molecule has 0 spiro atoms. The second kappa shape index (κ2) is 6.41. The summed E-state index contributed by atoms with van der Waals surface area (Å²) in [5, 5.41) is 1.10. The highest BCUT2D eigenvalue weighted by atomic mass is 16.6. The van der Waals surface area contributed by atoms with Crippen LogP contribution < -0.4 is 9.47 Å². The molecule has 0 bridgehead atoms. The van der Waals surface area contributed by atoms with Crippen LogP contribution in [0.3, 0.4) is 0 Å². The molecule has 1 amide bonds. The van der Waals surface area contributed by atoms with Crippen molar-refractivity contribution >= 4 is 16.8 Å². The molecular formula is C21H22N2O3. The van der Waals surface area contributed by atoms with Crippen LogP contribution in [0.4, 0.5) is 0 Å². The molecule has 5 nitrogen and oxygen atoms in total. The Morgan fingerprint density at radius 2 is 1.85 bits per heavy atom. The van der Waals surface area contributed by atoms with Crippen LogP contribution in [-0.2, 0) is 6.54 Å². The summed E-state index contributed by atoms with van der Waals surface area (Å²) in [7, 11) is 1.82. The van der Waals surface area contributed by atoms with Gasteiger partial charge in [0.15, 0.2) is 11.5 Å². The first kappa shape index (κ1) is 16.5. The number of benzene rings is 2. The van der Waals surface area contributed by atoms with Crippen LogP contribution in [0.25, 0.3) is 10.9 Å². The SMILES string of the molecule is Cc1[nH]c2ccc(C(=O)N(C)Cc3ccc4c(c3)OCCO4)cc2c1C. The molecule has 1 aliphatic heterocycles. The monoisotopic (exact) mass is 350 g/mol. The van der Waals surface area contributed by atoms with E-state index in [1.807, 2.05) is 50.4 Å². The quantitative estimate of drug-likeness (QED) is 0.781. The van der Waals surface area contributed by atoms with Gasteiger partial charge >= 0.3 is 0 Å². The Hall–Kier alpha value is -2.95. The summed E-state index contributed by atoms with van der Waals surface area (Å²) >= 11 is 0. The zero-order chi connectivity index (χ0) is 18.3. The van der Waals surface area contributed by atoms with Gasteiger partial charge in [0.25, 0.3) is 5.91 Å². The highest BCUT2D eigenvalue weighted by Crippen LogP contribution is 2.31. The standard InChI is InChI=1S/C21H22N2O3/c1-13-14(2)22-18-6-5-16(11-17(13)18)21(24)23(3)12-15-4-7-19-20(10-15)26-9-8-25-19/h4-7,10-11,22H,8-9,12H2,1-3H3. The predicted molar refractivity (Wildman–Crippen MR) is 101 cm³/mol. The van der Waals surface area contributed by atoms with Gasteiger partial charge in [-0.2, -0.15) is 0 Å². The van der Waals surface area contributed by atoms with E-state index in [-0.39, 0.29) is 5.91 Å². The van der Waals surface area contributed by atoms with Gasteiger partial charge in [-0.1, -0.05) is 6.07 Å². The number of aromatic amines is 1. The van der Waals surface area contributed by atoms with Gasteiger partial charge in [-0.15, -0.1) is 0 Å². The Morgan fingerprint density at radius 3 is 2.65 bits per heavy atom. The molecule has 0 saturated carbocycles. The average Bonchev–Trinajstić information content (AvgIpc) is 2.94. The van der Waals surface area contributed by atoms with E-state index in [4.69, 9.17) is 9.47 Å². The molecular weight excluding hydrogens is 328 g/mol. The zero-order valence-electron chi connectivity index (χ0n) is 15.3. The summed E-state index contributed by atoms with van der Waals surface area (Å²) in [6.45, 7) is 5.76. The molecule has 134 valence electrons. The minimum Gasteiger partial charge on any atom is -0.486 e. The van der Waals surface area contributed by atoms with Gasteiger partial charge in [-0.3, -0.25) is 4.79 Å². The normalized spacial score (nSPS) is 13.0. The Kier molecular flexibility index (Phi) is 4.07. The van der Waals surface area contributed by atoms with E-state index in [0.717, 1.165) is 33.7 Å². The molecule has 0 radical (unpaired) electrons. The second-order valence-corrected chi connectivity index (χ2v) is 6.77. The maximum absolute atomic E-state index is 12.9. The molecule has 4 rings (SSSR count). The number of aromatic nitrogens is 1. The predicted octanol–water partition coefficient (Wildman–Crippen LogP) is 3.83. The number of carbonyl (C=O) groups excluding carboxylic acids is 1. The van der Waals surface area contributed by atoms with Gasteiger partial charge in [0.2, 0.25) is 0 Å². The number of fused-ring (bicyclic) bond motifs is 2. The maximum Gasteiger partial charge on any atom is 0.253 e. The number of carbonyl (C=O) groups is 1. The number of hydrogen-bond acceptors (Lipinski definition) is 3. The summed E-state index contributed by atoms with van der Waals surface area (Å²) < 4.78 is 11.2. The number of amides is 1. The minimum absolute atomic E-state index is 0.0000390. The fourth-order valence-corrected chi connectivity index (χ4v) is 3.35. The number of nitrogens with one attached hydrogen (secondary N) is 1. The molecule has 0 unspecified atom stereocenters. The van der Waals surface area contributed by atoms with Gasteiger partial charge in [0, 0.05) is 35.8 Å². The van der Waals surface area contributed by atoms with Crippen molar-refractivity contribution in [2.45, 2.75) is 20.4 Å². The van der Waals surface area contributed by atoms with Crippen molar-refractivity contribution in [3.63, 3.8) is 0 Å². The highest BCUT2D eigenvalue weighted by Gasteiger charge is 2.16. The molecule has 26 heavy (non-hydrogen) atoms. The van der Waals surface area contributed by atoms with E-state index in [9.17, 15) is 4.79 Å². The lowest BCUT2D eigenvalue weighted by Gasteiger charge is -2.21. The molecule has 3 aromatic rings. The van der Waals surface area contributed by atoms with Crippen molar-refractivity contribution in [3.05, 3.63) is 58.8 Å². The fourth-order valence-electron chi connectivity index (χ4n) is 3.35. The fraction of sp³-hybridized carbons (Fsp3) is 0.286. The third-order valence-electron chi connectivity index (χ3n) is 4.93. The Balaban J connectivity index is 1.55. The van der Waals surface area contributed by atoms with Crippen LogP contribution in [-0.4, -0.2) is 36.1 Å². The number of nitrogens with zero attached hydrogens (tertiary/aromatic N) is 1. The van der Waals surface area contributed by atoms with Gasteiger partial charge in [-0.05, 0) is 55.3 Å². The minimum atomic E-state index is 0.0000390. The zero-order valence-corrected chi connectivity index (χ0v) is 15.3. The van der Waals surface area contributed by atoms with Crippen molar-refractivity contribution in [2.24, 2.45) is 0 Å². The number of rotatable bonds is 3. The molecule has 1 aliphatic rings. The molecule has 1 aromatic heterocycles. The Labute approximate surface area is 152 Å². The summed E-state index contributed by atoms with van der Waals surface area (Å²) in [6.07, 6.45) is 0. The summed E-state index contributed by atoms with van der Waals surface area (Å²) in [5.41, 5.74) is 5.09. The topological polar surface area (TPSA) is 54.6 Å². The highest BCUT2D eigenvalue weighted by molar-refractivity contribution is 5.98. The summed E-state index contributed by atoms with van der Waals surface area (Å²) in [5.74, 6) is 1.51. The molecule has 2 aromatic carbocycles. The van der Waals surface area contributed by atoms with Crippen molar-refractivity contribution in [1.29, 1.82) is 0 Å². The van der Waals surface area contributed by atoms with Crippen molar-refractivity contribution in [1.82, 2.24) is 9.88 Å². The van der Waals surface area contributed by atoms with Crippen molar-refractivity contribution < 1.29 is 14.3 Å². The molecule has 1 N–H and O–H groups in total. The van der Waals surface area contributed by atoms with Gasteiger partial charge in [0.05, 0.1) is 0 Å². The largest absolute Gasteiger partial charge is 0.486 e. The molecule has 0 atom stereocenters. The van der Waals surface area contributed by atoms with Crippen molar-refractivity contribution in [3.8, 4) is 11.5 Å². The maximum atomic E-state index is 12.9. The lowest BCUT2D eigenvalue weighted by atomic mass is 10.1. The van der Waals surface area contributed by atoms with E-state index >= 15 is 0 Å².